The topological polar surface area (TPSA) is 26.0 Å². The van der Waals surface area contributed by atoms with Gasteiger partial charge in [-0.05, 0) is 25.0 Å². The van der Waals surface area contributed by atoms with Gasteiger partial charge >= 0.3 is 0 Å². The highest BCUT2D eigenvalue weighted by Crippen LogP contribution is 2.14. The van der Waals surface area contributed by atoms with Crippen LogP contribution < -0.4 is 5.73 Å². The van der Waals surface area contributed by atoms with Crippen LogP contribution in [-0.4, -0.2) is 5.88 Å². The number of rotatable bonds is 2. The second-order valence-corrected chi connectivity index (χ2v) is 3.02. The first-order valence-electron chi connectivity index (χ1n) is 3.65. The van der Waals surface area contributed by atoms with Crippen LogP contribution in [0.5, 0.6) is 0 Å². The van der Waals surface area contributed by atoms with E-state index >= 15 is 0 Å². The fourth-order valence-corrected chi connectivity index (χ4v) is 1.26. The molecule has 1 nitrogen and oxygen atoms in total. The van der Waals surface area contributed by atoms with E-state index in [2.05, 4.69) is 13.0 Å². The summed E-state index contributed by atoms with van der Waals surface area (Å²) < 4.78 is 0. The van der Waals surface area contributed by atoms with E-state index in [1.54, 1.807) is 0 Å². The van der Waals surface area contributed by atoms with E-state index in [0.29, 0.717) is 5.88 Å². The zero-order chi connectivity index (χ0) is 8.27. The summed E-state index contributed by atoms with van der Waals surface area (Å²) in [4.78, 5) is 0. The number of hydrogen-bond acceptors (Lipinski definition) is 1. The standard InChI is InChI=1S/C9H12ClN/c1-7-2-3-9(11)8(6-7)4-5-10/h2-3,6H,4-5,11H2,1H3. The second-order valence-electron chi connectivity index (χ2n) is 2.64. The molecule has 1 aromatic rings. The van der Waals surface area contributed by atoms with Gasteiger partial charge in [0.1, 0.15) is 0 Å². The van der Waals surface area contributed by atoms with Crippen molar-refractivity contribution in [1.82, 2.24) is 0 Å². The minimum atomic E-state index is 0.633. The van der Waals surface area contributed by atoms with Gasteiger partial charge in [0.25, 0.3) is 0 Å². The average Bonchev–Trinajstić information content (AvgIpc) is 1.98. The van der Waals surface area contributed by atoms with Gasteiger partial charge in [-0.25, -0.2) is 0 Å². The number of anilines is 1. The lowest BCUT2D eigenvalue weighted by Crippen LogP contribution is -1.95. The normalized spacial score (nSPS) is 10.0. The van der Waals surface area contributed by atoms with Crippen LogP contribution in [0.15, 0.2) is 18.2 Å². The Hall–Kier alpha value is -0.690. The van der Waals surface area contributed by atoms with E-state index in [4.69, 9.17) is 17.3 Å². The summed E-state index contributed by atoms with van der Waals surface area (Å²) in [6.07, 6.45) is 0.856. The van der Waals surface area contributed by atoms with Crippen LogP contribution in [0.1, 0.15) is 11.1 Å². The molecule has 0 unspecified atom stereocenters. The molecule has 0 aliphatic rings. The first-order chi connectivity index (χ1) is 5.24. The molecule has 1 rings (SSSR count). The predicted octanol–water partition coefficient (Wildman–Crippen LogP) is 2.36. The van der Waals surface area contributed by atoms with E-state index in [1.807, 2.05) is 12.1 Å². The van der Waals surface area contributed by atoms with E-state index < -0.39 is 0 Å². The minimum Gasteiger partial charge on any atom is -0.399 e. The second kappa shape index (κ2) is 3.63. The molecule has 0 radical (unpaired) electrons. The largest absolute Gasteiger partial charge is 0.399 e. The fraction of sp³-hybridized carbons (Fsp3) is 0.333. The number of alkyl halides is 1. The lowest BCUT2D eigenvalue weighted by molar-refractivity contribution is 1.14. The number of halogens is 1. The Morgan fingerprint density at radius 2 is 2.18 bits per heavy atom. The number of nitrogen functional groups attached to an aromatic ring is 1. The summed E-state index contributed by atoms with van der Waals surface area (Å²) >= 11 is 5.60. The maximum atomic E-state index is 5.72. The number of nitrogens with two attached hydrogens (primary N) is 1. The molecule has 0 spiro atoms. The van der Waals surface area contributed by atoms with Crippen molar-refractivity contribution in [2.45, 2.75) is 13.3 Å². The van der Waals surface area contributed by atoms with E-state index in [0.717, 1.165) is 17.7 Å². The van der Waals surface area contributed by atoms with Crippen molar-refractivity contribution in [2.24, 2.45) is 0 Å². The molecule has 0 aromatic heterocycles. The first-order valence-corrected chi connectivity index (χ1v) is 4.18. The Bertz CT molecular complexity index is 245. The van der Waals surface area contributed by atoms with Gasteiger partial charge in [-0.2, -0.15) is 0 Å². The van der Waals surface area contributed by atoms with Gasteiger partial charge in [0.05, 0.1) is 0 Å². The van der Waals surface area contributed by atoms with Crippen LogP contribution in [0.25, 0.3) is 0 Å². The molecule has 11 heavy (non-hydrogen) atoms. The Morgan fingerprint density at radius 3 is 2.82 bits per heavy atom. The van der Waals surface area contributed by atoms with Gasteiger partial charge in [-0.3, -0.25) is 0 Å². The molecule has 0 saturated carbocycles. The van der Waals surface area contributed by atoms with Gasteiger partial charge in [-0.15, -0.1) is 11.6 Å². The summed E-state index contributed by atoms with van der Waals surface area (Å²) in [6, 6.07) is 6.02. The Labute approximate surface area is 72.2 Å². The molecule has 0 saturated heterocycles. The van der Waals surface area contributed by atoms with E-state index in [1.165, 1.54) is 5.56 Å². The molecule has 60 valence electrons. The third-order valence-corrected chi connectivity index (χ3v) is 1.85. The Balaban J connectivity index is 2.93. The third kappa shape index (κ3) is 2.12. The van der Waals surface area contributed by atoms with Gasteiger partial charge < -0.3 is 5.73 Å². The van der Waals surface area contributed by atoms with Gasteiger partial charge in [-0.1, -0.05) is 17.7 Å². The highest BCUT2D eigenvalue weighted by molar-refractivity contribution is 6.18. The molecule has 0 aliphatic heterocycles. The molecular formula is C9H12ClN. The summed E-state index contributed by atoms with van der Waals surface area (Å²) in [5.41, 5.74) is 8.95. The quantitative estimate of drug-likeness (QED) is 0.534. The van der Waals surface area contributed by atoms with Crippen molar-refractivity contribution in [3.63, 3.8) is 0 Å². The monoisotopic (exact) mass is 169 g/mol. The van der Waals surface area contributed by atoms with Crippen molar-refractivity contribution >= 4 is 17.3 Å². The minimum absolute atomic E-state index is 0.633. The molecule has 0 atom stereocenters. The Kier molecular flexibility index (Phi) is 2.77. The van der Waals surface area contributed by atoms with Crippen LogP contribution >= 0.6 is 11.6 Å². The average molecular weight is 170 g/mol. The maximum absolute atomic E-state index is 5.72. The predicted molar refractivity (Wildman–Crippen MR) is 50.0 cm³/mol. The van der Waals surface area contributed by atoms with Crippen molar-refractivity contribution in [3.8, 4) is 0 Å². The van der Waals surface area contributed by atoms with Crippen molar-refractivity contribution in [2.75, 3.05) is 11.6 Å². The zero-order valence-corrected chi connectivity index (χ0v) is 7.36. The molecule has 0 amide bonds. The number of benzene rings is 1. The number of hydrogen-bond donors (Lipinski definition) is 1. The van der Waals surface area contributed by atoms with Crippen LogP contribution in [0, 0.1) is 6.92 Å². The summed E-state index contributed by atoms with van der Waals surface area (Å²) in [6.45, 7) is 2.05. The molecule has 2 heteroatoms. The van der Waals surface area contributed by atoms with Gasteiger partial charge in [0.2, 0.25) is 0 Å². The molecule has 1 aromatic carbocycles. The first kappa shape index (κ1) is 8.41. The van der Waals surface area contributed by atoms with E-state index in [-0.39, 0.29) is 0 Å². The number of aryl methyl sites for hydroxylation is 2. The van der Waals surface area contributed by atoms with Crippen LogP contribution in [0.3, 0.4) is 0 Å². The highest BCUT2D eigenvalue weighted by Gasteiger charge is 1.97. The fourth-order valence-electron chi connectivity index (χ4n) is 1.05. The molecule has 2 N–H and O–H groups in total. The highest BCUT2D eigenvalue weighted by atomic mass is 35.5. The Morgan fingerprint density at radius 1 is 1.45 bits per heavy atom. The molecule has 0 heterocycles. The zero-order valence-electron chi connectivity index (χ0n) is 6.60. The molecule has 0 fully saturated rings. The molecular weight excluding hydrogens is 158 g/mol. The lowest BCUT2D eigenvalue weighted by atomic mass is 10.1. The van der Waals surface area contributed by atoms with Crippen LogP contribution in [-0.2, 0) is 6.42 Å². The van der Waals surface area contributed by atoms with Gasteiger partial charge in [0.15, 0.2) is 0 Å². The van der Waals surface area contributed by atoms with Gasteiger partial charge in [0, 0.05) is 11.6 Å². The lowest BCUT2D eigenvalue weighted by Gasteiger charge is -2.03. The molecule has 0 bridgehead atoms. The summed E-state index contributed by atoms with van der Waals surface area (Å²) in [5, 5.41) is 0. The van der Waals surface area contributed by atoms with Crippen LogP contribution in [0.2, 0.25) is 0 Å². The third-order valence-electron chi connectivity index (χ3n) is 1.66. The van der Waals surface area contributed by atoms with Crippen molar-refractivity contribution < 1.29 is 0 Å². The van der Waals surface area contributed by atoms with Crippen molar-refractivity contribution in [1.29, 1.82) is 0 Å². The van der Waals surface area contributed by atoms with Crippen LogP contribution in [0.4, 0.5) is 5.69 Å². The summed E-state index contributed by atoms with van der Waals surface area (Å²) in [5.74, 6) is 0.633. The maximum Gasteiger partial charge on any atom is 0.0347 e. The van der Waals surface area contributed by atoms with Crippen molar-refractivity contribution in [3.05, 3.63) is 29.3 Å². The van der Waals surface area contributed by atoms with E-state index in [9.17, 15) is 0 Å². The molecule has 0 aliphatic carbocycles. The smallest absolute Gasteiger partial charge is 0.0347 e. The SMILES string of the molecule is Cc1ccc(N)c(CCCl)c1. The summed E-state index contributed by atoms with van der Waals surface area (Å²) in [7, 11) is 0.